The zero-order valence-electron chi connectivity index (χ0n) is 11.3. The quantitative estimate of drug-likeness (QED) is 0.797. The molecule has 0 aliphatic heterocycles. The molecule has 0 aliphatic carbocycles. The molecule has 0 saturated heterocycles. The lowest BCUT2D eigenvalue weighted by Gasteiger charge is -2.04. The SMILES string of the molecule is Cc1noc(-c2ccc(C(=O)Nc3ccncc3)cc2)n1. The number of amides is 1. The molecule has 1 amide bonds. The number of hydrogen-bond acceptors (Lipinski definition) is 5. The third-order valence-electron chi connectivity index (χ3n) is 2.86. The lowest BCUT2D eigenvalue weighted by atomic mass is 10.1. The van der Waals surface area contributed by atoms with E-state index in [0.29, 0.717) is 23.0 Å². The first kappa shape index (κ1) is 13.0. The molecular formula is C15H12N4O2. The molecule has 0 aliphatic rings. The number of hydrogen-bond donors (Lipinski definition) is 1. The highest BCUT2D eigenvalue weighted by atomic mass is 16.5. The van der Waals surface area contributed by atoms with Crippen LogP contribution in [-0.2, 0) is 0 Å². The Morgan fingerprint density at radius 1 is 1.10 bits per heavy atom. The molecule has 1 aromatic carbocycles. The van der Waals surface area contributed by atoms with Gasteiger partial charge in [-0.25, -0.2) is 0 Å². The highest BCUT2D eigenvalue weighted by molar-refractivity contribution is 6.04. The van der Waals surface area contributed by atoms with Gasteiger partial charge in [0.1, 0.15) is 0 Å². The largest absolute Gasteiger partial charge is 0.334 e. The third kappa shape index (κ3) is 2.94. The maximum absolute atomic E-state index is 12.1. The Hall–Kier alpha value is -3.02. The molecule has 3 rings (SSSR count). The molecular weight excluding hydrogens is 268 g/mol. The molecule has 2 aromatic heterocycles. The van der Waals surface area contributed by atoms with Gasteiger partial charge in [-0.2, -0.15) is 4.98 Å². The first-order valence-electron chi connectivity index (χ1n) is 6.34. The van der Waals surface area contributed by atoms with E-state index in [1.807, 2.05) is 0 Å². The van der Waals surface area contributed by atoms with Crippen molar-refractivity contribution in [3.63, 3.8) is 0 Å². The fraction of sp³-hybridized carbons (Fsp3) is 0.0667. The van der Waals surface area contributed by atoms with Crippen LogP contribution < -0.4 is 5.32 Å². The number of aryl methyl sites for hydroxylation is 1. The maximum Gasteiger partial charge on any atom is 0.257 e. The third-order valence-corrected chi connectivity index (χ3v) is 2.86. The number of anilines is 1. The number of carbonyl (C=O) groups excluding carboxylic acids is 1. The van der Waals surface area contributed by atoms with Gasteiger partial charge in [0.05, 0.1) is 0 Å². The fourth-order valence-electron chi connectivity index (χ4n) is 1.82. The van der Waals surface area contributed by atoms with Crippen LogP contribution in [0.15, 0.2) is 53.3 Å². The summed E-state index contributed by atoms with van der Waals surface area (Å²) in [6, 6.07) is 10.4. The van der Waals surface area contributed by atoms with E-state index in [-0.39, 0.29) is 5.91 Å². The van der Waals surface area contributed by atoms with Crippen LogP contribution >= 0.6 is 0 Å². The monoisotopic (exact) mass is 280 g/mol. The molecule has 0 spiro atoms. The maximum atomic E-state index is 12.1. The summed E-state index contributed by atoms with van der Waals surface area (Å²) in [5.41, 5.74) is 2.02. The number of pyridine rings is 1. The Morgan fingerprint density at radius 2 is 1.81 bits per heavy atom. The van der Waals surface area contributed by atoms with Gasteiger partial charge in [-0.3, -0.25) is 9.78 Å². The second-order valence-corrected chi connectivity index (χ2v) is 4.41. The summed E-state index contributed by atoms with van der Waals surface area (Å²) in [6.45, 7) is 1.75. The number of nitrogens with zero attached hydrogens (tertiary/aromatic N) is 3. The minimum atomic E-state index is -0.186. The van der Waals surface area contributed by atoms with Crippen molar-refractivity contribution < 1.29 is 9.32 Å². The van der Waals surface area contributed by atoms with Gasteiger partial charge in [0, 0.05) is 29.2 Å². The molecule has 6 heteroatoms. The average Bonchev–Trinajstić information content (AvgIpc) is 2.95. The topological polar surface area (TPSA) is 80.9 Å². The van der Waals surface area contributed by atoms with Crippen molar-refractivity contribution in [2.45, 2.75) is 6.92 Å². The van der Waals surface area contributed by atoms with Crippen LogP contribution in [0.3, 0.4) is 0 Å². The molecule has 21 heavy (non-hydrogen) atoms. The standard InChI is InChI=1S/C15H12N4O2/c1-10-17-15(21-19-10)12-4-2-11(3-5-12)14(20)18-13-6-8-16-9-7-13/h2-9H,1H3,(H,16,18,20). The van der Waals surface area contributed by atoms with Crippen molar-refractivity contribution in [3.8, 4) is 11.5 Å². The van der Waals surface area contributed by atoms with E-state index in [2.05, 4.69) is 20.4 Å². The van der Waals surface area contributed by atoms with E-state index < -0.39 is 0 Å². The van der Waals surface area contributed by atoms with Crippen molar-refractivity contribution in [2.24, 2.45) is 0 Å². The van der Waals surface area contributed by atoms with Crippen molar-refractivity contribution in [2.75, 3.05) is 5.32 Å². The van der Waals surface area contributed by atoms with Crippen LogP contribution in [0.4, 0.5) is 5.69 Å². The van der Waals surface area contributed by atoms with Gasteiger partial charge >= 0.3 is 0 Å². The van der Waals surface area contributed by atoms with E-state index in [1.165, 1.54) is 0 Å². The predicted molar refractivity (Wildman–Crippen MR) is 76.7 cm³/mol. The molecule has 0 unspecified atom stereocenters. The molecule has 6 nitrogen and oxygen atoms in total. The second kappa shape index (κ2) is 5.54. The molecule has 1 N–H and O–H groups in total. The Balaban J connectivity index is 1.76. The van der Waals surface area contributed by atoms with Crippen LogP contribution in [0.5, 0.6) is 0 Å². The lowest BCUT2D eigenvalue weighted by molar-refractivity contribution is 0.102. The zero-order chi connectivity index (χ0) is 14.7. The van der Waals surface area contributed by atoms with Crippen molar-refractivity contribution in [1.82, 2.24) is 15.1 Å². The summed E-state index contributed by atoms with van der Waals surface area (Å²) in [5.74, 6) is 0.826. The molecule has 0 atom stereocenters. The van der Waals surface area contributed by atoms with Gasteiger partial charge in [-0.05, 0) is 43.3 Å². The molecule has 104 valence electrons. The molecule has 0 saturated carbocycles. The van der Waals surface area contributed by atoms with Crippen LogP contribution in [0, 0.1) is 6.92 Å². The van der Waals surface area contributed by atoms with E-state index >= 15 is 0 Å². The number of benzene rings is 1. The van der Waals surface area contributed by atoms with Crippen LogP contribution in [-0.4, -0.2) is 21.0 Å². The first-order chi connectivity index (χ1) is 10.2. The number of rotatable bonds is 3. The summed E-state index contributed by atoms with van der Waals surface area (Å²) < 4.78 is 5.08. The van der Waals surface area contributed by atoms with Gasteiger partial charge < -0.3 is 9.84 Å². The smallest absolute Gasteiger partial charge is 0.257 e. The lowest BCUT2D eigenvalue weighted by Crippen LogP contribution is -2.11. The van der Waals surface area contributed by atoms with E-state index in [0.717, 1.165) is 5.56 Å². The van der Waals surface area contributed by atoms with Crippen molar-refractivity contribution >= 4 is 11.6 Å². The molecule has 0 radical (unpaired) electrons. The molecule has 2 heterocycles. The second-order valence-electron chi connectivity index (χ2n) is 4.41. The summed E-state index contributed by atoms with van der Waals surface area (Å²) in [7, 11) is 0. The van der Waals surface area contributed by atoms with Gasteiger partial charge in [0.2, 0.25) is 0 Å². The Kier molecular flexibility index (Phi) is 3.42. The highest BCUT2D eigenvalue weighted by Gasteiger charge is 2.09. The van der Waals surface area contributed by atoms with E-state index in [9.17, 15) is 4.79 Å². The highest BCUT2D eigenvalue weighted by Crippen LogP contribution is 2.18. The number of carbonyl (C=O) groups is 1. The fourth-order valence-corrected chi connectivity index (χ4v) is 1.82. The van der Waals surface area contributed by atoms with Crippen LogP contribution in [0.2, 0.25) is 0 Å². The van der Waals surface area contributed by atoms with Crippen LogP contribution in [0.25, 0.3) is 11.5 Å². The van der Waals surface area contributed by atoms with Crippen molar-refractivity contribution in [1.29, 1.82) is 0 Å². The summed E-state index contributed by atoms with van der Waals surface area (Å²) in [4.78, 5) is 20.1. The van der Waals surface area contributed by atoms with Gasteiger partial charge in [-0.15, -0.1) is 0 Å². The van der Waals surface area contributed by atoms with Crippen molar-refractivity contribution in [3.05, 3.63) is 60.2 Å². The van der Waals surface area contributed by atoms with E-state index in [1.54, 1.807) is 55.7 Å². The van der Waals surface area contributed by atoms with Gasteiger partial charge in [0.15, 0.2) is 5.82 Å². The Morgan fingerprint density at radius 3 is 2.43 bits per heavy atom. The average molecular weight is 280 g/mol. The molecule has 0 fully saturated rings. The minimum Gasteiger partial charge on any atom is -0.334 e. The summed E-state index contributed by atoms with van der Waals surface area (Å²) >= 11 is 0. The summed E-state index contributed by atoms with van der Waals surface area (Å²) in [5, 5.41) is 6.53. The minimum absolute atomic E-state index is 0.186. The summed E-state index contributed by atoms with van der Waals surface area (Å²) in [6.07, 6.45) is 3.24. The number of nitrogens with one attached hydrogen (secondary N) is 1. The van der Waals surface area contributed by atoms with E-state index in [4.69, 9.17) is 4.52 Å². The number of aromatic nitrogens is 3. The van der Waals surface area contributed by atoms with Gasteiger partial charge in [-0.1, -0.05) is 5.16 Å². The Labute approximate surface area is 120 Å². The van der Waals surface area contributed by atoms with Crippen LogP contribution in [0.1, 0.15) is 16.2 Å². The van der Waals surface area contributed by atoms with Gasteiger partial charge in [0.25, 0.3) is 11.8 Å². The molecule has 3 aromatic rings. The normalized spacial score (nSPS) is 10.3. The first-order valence-corrected chi connectivity index (χ1v) is 6.34. The zero-order valence-corrected chi connectivity index (χ0v) is 11.3. The molecule has 0 bridgehead atoms. The predicted octanol–water partition coefficient (Wildman–Crippen LogP) is 2.69. The Bertz CT molecular complexity index is 751.